The van der Waals surface area contributed by atoms with E-state index in [9.17, 15) is 0 Å². The first-order valence-corrected chi connectivity index (χ1v) is 6.79. The van der Waals surface area contributed by atoms with Crippen molar-refractivity contribution in [3.8, 4) is 0 Å². The van der Waals surface area contributed by atoms with E-state index in [4.69, 9.17) is 4.42 Å². The Kier molecular flexibility index (Phi) is 4.28. The Labute approximate surface area is 105 Å². The van der Waals surface area contributed by atoms with E-state index in [1.54, 1.807) is 11.3 Å². The third kappa shape index (κ3) is 3.14. The van der Waals surface area contributed by atoms with Gasteiger partial charge in [0.15, 0.2) is 0 Å². The van der Waals surface area contributed by atoms with Crippen LogP contribution < -0.4 is 5.32 Å². The summed E-state index contributed by atoms with van der Waals surface area (Å²) >= 11 is 1.71. The SMILES string of the molecule is CCNC(CC)c1nnc(Cc2cccs2)o1. The summed E-state index contributed by atoms with van der Waals surface area (Å²) in [5.41, 5.74) is 0. The number of aromatic nitrogens is 2. The molecule has 1 atom stereocenters. The van der Waals surface area contributed by atoms with Gasteiger partial charge in [0.1, 0.15) is 0 Å². The zero-order valence-corrected chi connectivity index (χ0v) is 11.0. The van der Waals surface area contributed by atoms with Crippen LogP contribution in [0.25, 0.3) is 0 Å². The molecule has 0 saturated heterocycles. The summed E-state index contributed by atoms with van der Waals surface area (Å²) in [4.78, 5) is 1.25. The molecule has 0 aliphatic carbocycles. The van der Waals surface area contributed by atoms with E-state index in [-0.39, 0.29) is 6.04 Å². The Morgan fingerprint density at radius 2 is 2.29 bits per heavy atom. The first-order valence-electron chi connectivity index (χ1n) is 5.91. The first-order chi connectivity index (χ1) is 8.33. The Hall–Kier alpha value is -1.20. The van der Waals surface area contributed by atoms with Crippen molar-refractivity contribution in [1.82, 2.24) is 15.5 Å². The molecule has 17 heavy (non-hydrogen) atoms. The molecule has 0 amide bonds. The van der Waals surface area contributed by atoms with Crippen molar-refractivity contribution in [2.24, 2.45) is 0 Å². The summed E-state index contributed by atoms with van der Waals surface area (Å²) in [6.07, 6.45) is 1.68. The Morgan fingerprint density at radius 1 is 1.41 bits per heavy atom. The highest BCUT2D eigenvalue weighted by molar-refractivity contribution is 7.09. The number of hydrogen-bond acceptors (Lipinski definition) is 5. The highest BCUT2D eigenvalue weighted by atomic mass is 32.1. The molecule has 0 aliphatic rings. The van der Waals surface area contributed by atoms with Crippen LogP contribution in [0.2, 0.25) is 0 Å². The van der Waals surface area contributed by atoms with Crippen molar-refractivity contribution in [3.63, 3.8) is 0 Å². The molecule has 2 aromatic rings. The molecule has 4 nitrogen and oxygen atoms in total. The van der Waals surface area contributed by atoms with Crippen LogP contribution in [0.3, 0.4) is 0 Å². The van der Waals surface area contributed by atoms with E-state index in [0.29, 0.717) is 11.8 Å². The van der Waals surface area contributed by atoms with Crippen LogP contribution in [-0.4, -0.2) is 16.7 Å². The number of thiophene rings is 1. The van der Waals surface area contributed by atoms with Gasteiger partial charge < -0.3 is 9.73 Å². The van der Waals surface area contributed by atoms with Crippen LogP contribution >= 0.6 is 11.3 Å². The summed E-state index contributed by atoms with van der Waals surface area (Å²) in [6.45, 7) is 5.09. The minimum Gasteiger partial charge on any atom is -0.423 e. The third-order valence-corrected chi connectivity index (χ3v) is 3.42. The Balaban J connectivity index is 2.04. The van der Waals surface area contributed by atoms with Gasteiger partial charge in [-0.15, -0.1) is 21.5 Å². The van der Waals surface area contributed by atoms with E-state index in [1.165, 1.54) is 4.88 Å². The molecular formula is C12H17N3OS. The molecule has 5 heteroatoms. The van der Waals surface area contributed by atoms with Gasteiger partial charge in [-0.05, 0) is 24.4 Å². The molecule has 0 aliphatic heterocycles. The zero-order valence-electron chi connectivity index (χ0n) is 10.1. The maximum atomic E-state index is 5.68. The van der Waals surface area contributed by atoms with Crippen LogP contribution in [0.5, 0.6) is 0 Å². The second-order valence-corrected chi connectivity index (χ2v) is 4.84. The fraction of sp³-hybridized carbons (Fsp3) is 0.500. The molecular weight excluding hydrogens is 234 g/mol. The van der Waals surface area contributed by atoms with Crippen molar-refractivity contribution < 1.29 is 4.42 Å². The molecule has 2 heterocycles. The summed E-state index contributed by atoms with van der Waals surface area (Å²) in [6, 6.07) is 4.28. The van der Waals surface area contributed by atoms with Gasteiger partial charge in [0.2, 0.25) is 11.8 Å². The average Bonchev–Trinajstić information content (AvgIpc) is 2.98. The molecule has 1 N–H and O–H groups in total. The van der Waals surface area contributed by atoms with E-state index < -0.39 is 0 Å². The predicted octanol–water partition coefficient (Wildman–Crippen LogP) is 2.78. The lowest BCUT2D eigenvalue weighted by molar-refractivity contribution is 0.380. The van der Waals surface area contributed by atoms with E-state index in [0.717, 1.165) is 19.4 Å². The van der Waals surface area contributed by atoms with E-state index in [2.05, 4.69) is 40.8 Å². The summed E-state index contributed by atoms with van der Waals surface area (Å²) in [7, 11) is 0. The van der Waals surface area contributed by atoms with Gasteiger partial charge in [-0.25, -0.2) is 0 Å². The minimum absolute atomic E-state index is 0.171. The second-order valence-electron chi connectivity index (χ2n) is 3.81. The van der Waals surface area contributed by atoms with Gasteiger partial charge in [-0.1, -0.05) is 19.9 Å². The van der Waals surface area contributed by atoms with E-state index in [1.807, 2.05) is 6.07 Å². The maximum Gasteiger partial charge on any atom is 0.233 e. The third-order valence-electron chi connectivity index (χ3n) is 2.54. The average molecular weight is 251 g/mol. The standard InChI is InChI=1S/C12H17N3OS/c1-3-10(13-4-2)12-15-14-11(16-12)8-9-6-5-7-17-9/h5-7,10,13H,3-4,8H2,1-2H3. The van der Waals surface area contributed by atoms with Crippen molar-refractivity contribution >= 4 is 11.3 Å². The van der Waals surface area contributed by atoms with Crippen LogP contribution in [0.4, 0.5) is 0 Å². The quantitative estimate of drug-likeness (QED) is 0.857. The molecule has 0 fully saturated rings. The fourth-order valence-electron chi connectivity index (χ4n) is 1.69. The normalized spacial score (nSPS) is 12.8. The van der Waals surface area contributed by atoms with Crippen LogP contribution in [0.1, 0.15) is 43.0 Å². The second kappa shape index (κ2) is 5.93. The lowest BCUT2D eigenvalue weighted by atomic mass is 10.2. The molecule has 2 rings (SSSR count). The van der Waals surface area contributed by atoms with Crippen molar-refractivity contribution in [1.29, 1.82) is 0 Å². The van der Waals surface area contributed by atoms with Gasteiger partial charge in [0, 0.05) is 4.88 Å². The van der Waals surface area contributed by atoms with E-state index >= 15 is 0 Å². The van der Waals surface area contributed by atoms with Crippen molar-refractivity contribution in [2.75, 3.05) is 6.54 Å². The fourth-order valence-corrected chi connectivity index (χ4v) is 2.39. The maximum absolute atomic E-state index is 5.68. The van der Waals surface area contributed by atoms with Crippen LogP contribution in [0.15, 0.2) is 21.9 Å². The molecule has 0 radical (unpaired) electrons. The largest absolute Gasteiger partial charge is 0.423 e. The highest BCUT2D eigenvalue weighted by Gasteiger charge is 2.15. The lowest BCUT2D eigenvalue weighted by Crippen LogP contribution is -2.20. The molecule has 0 bridgehead atoms. The summed E-state index contributed by atoms with van der Waals surface area (Å²) in [5.74, 6) is 1.39. The molecule has 0 spiro atoms. The molecule has 92 valence electrons. The number of nitrogens with one attached hydrogen (secondary N) is 1. The highest BCUT2D eigenvalue weighted by Crippen LogP contribution is 2.18. The molecule has 1 unspecified atom stereocenters. The Bertz CT molecular complexity index is 438. The van der Waals surface area contributed by atoms with Gasteiger partial charge in [0.05, 0.1) is 12.5 Å². The first kappa shape index (κ1) is 12.3. The monoisotopic (exact) mass is 251 g/mol. The minimum atomic E-state index is 0.171. The van der Waals surface area contributed by atoms with Crippen LogP contribution in [-0.2, 0) is 6.42 Å². The number of hydrogen-bond donors (Lipinski definition) is 1. The van der Waals surface area contributed by atoms with Gasteiger partial charge in [-0.3, -0.25) is 0 Å². The Morgan fingerprint density at radius 3 is 2.94 bits per heavy atom. The zero-order chi connectivity index (χ0) is 12.1. The van der Waals surface area contributed by atoms with Crippen molar-refractivity contribution in [3.05, 3.63) is 34.2 Å². The smallest absolute Gasteiger partial charge is 0.233 e. The summed E-state index contributed by atoms with van der Waals surface area (Å²) < 4.78 is 5.68. The summed E-state index contributed by atoms with van der Waals surface area (Å²) in [5, 5.41) is 13.6. The van der Waals surface area contributed by atoms with Gasteiger partial charge in [-0.2, -0.15) is 0 Å². The van der Waals surface area contributed by atoms with Gasteiger partial charge >= 0.3 is 0 Å². The molecule has 2 aromatic heterocycles. The van der Waals surface area contributed by atoms with Crippen molar-refractivity contribution in [2.45, 2.75) is 32.7 Å². The van der Waals surface area contributed by atoms with Crippen LogP contribution in [0, 0.1) is 0 Å². The van der Waals surface area contributed by atoms with Gasteiger partial charge in [0.25, 0.3) is 0 Å². The molecule has 0 aromatic carbocycles. The lowest BCUT2D eigenvalue weighted by Gasteiger charge is -2.09. The predicted molar refractivity (Wildman–Crippen MR) is 68.1 cm³/mol. The molecule has 0 saturated carbocycles. The number of nitrogens with zero attached hydrogens (tertiary/aromatic N) is 2. The topological polar surface area (TPSA) is 51.0 Å². The number of rotatable bonds is 6.